The summed E-state index contributed by atoms with van der Waals surface area (Å²) in [7, 11) is 0. The van der Waals surface area contributed by atoms with Gasteiger partial charge in [0.2, 0.25) is 0 Å². The van der Waals surface area contributed by atoms with Crippen LogP contribution in [-0.4, -0.2) is 11.8 Å². The number of nitrogens with zero attached hydrogens (tertiary/aromatic N) is 1. The summed E-state index contributed by atoms with van der Waals surface area (Å²) in [6, 6.07) is 16.0. The molecule has 0 bridgehead atoms. The smallest absolute Gasteiger partial charge is 0.282 e. The molecule has 0 unspecified atom stereocenters. The number of nitrogens with one attached hydrogen (secondary N) is 1. The molecule has 140 valence electrons. The molecule has 7 heteroatoms. The second kappa shape index (κ2) is 7.43. The summed E-state index contributed by atoms with van der Waals surface area (Å²) in [5.74, 6) is -0.839. The van der Waals surface area contributed by atoms with Crippen molar-refractivity contribution in [2.45, 2.75) is 6.92 Å². The Morgan fingerprint density at radius 2 is 1.75 bits per heavy atom. The monoisotopic (exact) mass is 428 g/mol. The summed E-state index contributed by atoms with van der Waals surface area (Å²) in [5.41, 5.74) is 2.73. The van der Waals surface area contributed by atoms with E-state index in [9.17, 15) is 9.59 Å². The Morgan fingerprint density at radius 1 is 0.929 bits per heavy atom. The number of rotatable bonds is 4. The maximum absolute atomic E-state index is 13.2. The van der Waals surface area contributed by atoms with Crippen LogP contribution in [0.15, 0.2) is 65.7 Å². The van der Waals surface area contributed by atoms with Gasteiger partial charge in [-0.05, 0) is 54.3 Å². The standard InChI is InChI=1S/C21H14Cl2N2O2S/c1-12-4-2-5-13(10-12)24-19-18(17-6-3-9-28-17)20(26)25(21(19)27)14-7-8-15(22)16(23)11-14/h2-11,24H,1H3. The topological polar surface area (TPSA) is 49.4 Å². The zero-order chi connectivity index (χ0) is 19.8. The van der Waals surface area contributed by atoms with Gasteiger partial charge in [-0.25, -0.2) is 4.90 Å². The van der Waals surface area contributed by atoms with E-state index in [1.165, 1.54) is 17.4 Å². The normalized spacial score (nSPS) is 14.2. The first-order chi connectivity index (χ1) is 13.5. The van der Waals surface area contributed by atoms with Gasteiger partial charge in [-0.3, -0.25) is 9.59 Å². The van der Waals surface area contributed by atoms with Crippen molar-refractivity contribution in [3.63, 3.8) is 0 Å². The molecule has 28 heavy (non-hydrogen) atoms. The zero-order valence-corrected chi connectivity index (χ0v) is 17.0. The SMILES string of the molecule is Cc1cccc(NC2=C(c3cccs3)C(=O)N(c3ccc(Cl)c(Cl)c3)C2=O)c1. The molecule has 0 fully saturated rings. The van der Waals surface area contributed by atoms with Gasteiger partial charge >= 0.3 is 0 Å². The van der Waals surface area contributed by atoms with E-state index in [2.05, 4.69) is 5.32 Å². The van der Waals surface area contributed by atoms with E-state index in [1.54, 1.807) is 12.1 Å². The third kappa shape index (κ3) is 3.33. The Kier molecular flexibility index (Phi) is 4.98. The fraction of sp³-hybridized carbons (Fsp3) is 0.0476. The number of hydrogen-bond acceptors (Lipinski definition) is 4. The van der Waals surface area contributed by atoms with Crippen molar-refractivity contribution in [1.82, 2.24) is 0 Å². The van der Waals surface area contributed by atoms with Gasteiger partial charge < -0.3 is 5.32 Å². The van der Waals surface area contributed by atoms with Crippen LogP contribution in [-0.2, 0) is 9.59 Å². The lowest BCUT2D eigenvalue weighted by molar-refractivity contribution is -0.120. The number of hydrogen-bond donors (Lipinski definition) is 1. The van der Waals surface area contributed by atoms with E-state index in [4.69, 9.17) is 23.2 Å². The van der Waals surface area contributed by atoms with Gasteiger partial charge in [0.05, 0.1) is 21.3 Å². The highest BCUT2D eigenvalue weighted by molar-refractivity contribution is 7.11. The van der Waals surface area contributed by atoms with Crippen molar-refractivity contribution < 1.29 is 9.59 Å². The summed E-state index contributed by atoms with van der Waals surface area (Å²) in [6.45, 7) is 1.96. The van der Waals surface area contributed by atoms with E-state index in [0.29, 0.717) is 16.3 Å². The van der Waals surface area contributed by atoms with Crippen LogP contribution in [0.25, 0.3) is 5.57 Å². The number of anilines is 2. The van der Waals surface area contributed by atoms with Crippen LogP contribution in [0.1, 0.15) is 10.4 Å². The molecule has 0 spiro atoms. The van der Waals surface area contributed by atoms with Crippen molar-refractivity contribution in [2.75, 3.05) is 10.2 Å². The van der Waals surface area contributed by atoms with Gasteiger partial charge in [-0.2, -0.15) is 0 Å². The number of aryl methyl sites for hydroxylation is 1. The number of benzene rings is 2. The molecular weight excluding hydrogens is 415 g/mol. The average molecular weight is 429 g/mol. The molecule has 3 aromatic rings. The van der Waals surface area contributed by atoms with E-state index in [-0.39, 0.29) is 10.7 Å². The fourth-order valence-corrected chi connectivity index (χ4v) is 4.08. The molecule has 2 amide bonds. The van der Waals surface area contributed by atoms with Crippen LogP contribution in [0.5, 0.6) is 0 Å². The van der Waals surface area contributed by atoms with Crippen LogP contribution >= 0.6 is 34.5 Å². The van der Waals surface area contributed by atoms with Crippen molar-refractivity contribution in [2.24, 2.45) is 0 Å². The van der Waals surface area contributed by atoms with Crippen LogP contribution in [0, 0.1) is 6.92 Å². The number of imide groups is 1. The van der Waals surface area contributed by atoms with E-state index >= 15 is 0 Å². The van der Waals surface area contributed by atoms with Gasteiger partial charge in [0, 0.05) is 10.6 Å². The van der Waals surface area contributed by atoms with Crippen molar-refractivity contribution in [1.29, 1.82) is 0 Å². The molecule has 1 aliphatic heterocycles. The highest BCUT2D eigenvalue weighted by atomic mass is 35.5. The Hall–Kier alpha value is -2.60. The van der Waals surface area contributed by atoms with Crippen molar-refractivity contribution in [3.8, 4) is 0 Å². The first-order valence-corrected chi connectivity index (χ1v) is 10.0. The minimum absolute atomic E-state index is 0.240. The Labute approximate surface area is 176 Å². The summed E-state index contributed by atoms with van der Waals surface area (Å²) >= 11 is 13.5. The lowest BCUT2D eigenvalue weighted by Crippen LogP contribution is -2.32. The van der Waals surface area contributed by atoms with Crippen LogP contribution in [0.2, 0.25) is 10.0 Å². The number of amides is 2. The molecule has 4 rings (SSSR count). The van der Waals surface area contributed by atoms with Crippen molar-refractivity contribution >= 4 is 63.3 Å². The van der Waals surface area contributed by atoms with Gasteiger partial charge in [0.15, 0.2) is 0 Å². The molecule has 0 saturated heterocycles. The first-order valence-electron chi connectivity index (χ1n) is 8.41. The number of thiophene rings is 1. The third-order valence-corrected chi connectivity index (χ3v) is 5.93. The van der Waals surface area contributed by atoms with Crippen LogP contribution in [0.3, 0.4) is 0 Å². The Bertz CT molecular complexity index is 1120. The van der Waals surface area contributed by atoms with E-state index in [1.807, 2.05) is 48.7 Å². The van der Waals surface area contributed by atoms with Gasteiger partial charge in [0.1, 0.15) is 5.70 Å². The average Bonchev–Trinajstić information content (AvgIpc) is 3.25. The second-order valence-corrected chi connectivity index (χ2v) is 8.03. The van der Waals surface area contributed by atoms with Crippen molar-refractivity contribution in [3.05, 3.63) is 86.2 Å². The summed E-state index contributed by atoms with van der Waals surface area (Å²) in [4.78, 5) is 28.3. The van der Waals surface area contributed by atoms with E-state index in [0.717, 1.165) is 21.0 Å². The van der Waals surface area contributed by atoms with Crippen LogP contribution in [0.4, 0.5) is 11.4 Å². The molecule has 2 aromatic carbocycles. The zero-order valence-electron chi connectivity index (χ0n) is 14.7. The van der Waals surface area contributed by atoms with Gasteiger partial charge in [0.25, 0.3) is 11.8 Å². The highest BCUT2D eigenvalue weighted by Crippen LogP contribution is 2.37. The highest BCUT2D eigenvalue weighted by Gasteiger charge is 2.40. The summed E-state index contributed by atoms with van der Waals surface area (Å²) < 4.78 is 0. The van der Waals surface area contributed by atoms with Crippen LogP contribution < -0.4 is 10.2 Å². The fourth-order valence-electron chi connectivity index (χ4n) is 3.02. The molecule has 0 aliphatic carbocycles. The quantitative estimate of drug-likeness (QED) is 0.537. The lowest BCUT2D eigenvalue weighted by Gasteiger charge is -2.16. The molecule has 2 heterocycles. The number of carbonyl (C=O) groups is 2. The largest absolute Gasteiger partial charge is 0.350 e. The van der Waals surface area contributed by atoms with E-state index < -0.39 is 11.8 Å². The molecule has 0 radical (unpaired) electrons. The Balaban J connectivity index is 1.80. The first kappa shape index (κ1) is 18.7. The molecule has 0 saturated carbocycles. The maximum Gasteiger partial charge on any atom is 0.282 e. The van der Waals surface area contributed by atoms with Gasteiger partial charge in [-0.15, -0.1) is 11.3 Å². The summed E-state index contributed by atoms with van der Waals surface area (Å²) in [6.07, 6.45) is 0. The molecule has 1 aliphatic rings. The second-order valence-electron chi connectivity index (χ2n) is 6.27. The molecular formula is C21H14Cl2N2O2S. The molecule has 4 nitrogen and oxygen atoms in total. The maximum atomic E-state index is 13.2. The predicted octanol–water partition coefficient (Wildman–Crippen LogP) is 5.76. The predicted molar refractivity (Wildman–Crippen MR) is 115 cm³/mol. The number of carbonyl (C=O) groups excluding carboxylic acids is 2. The minimum Gasteiger partial charge on any atom is -0.350 e. The molecule has 1 N–H and O–H groups in total. The third-order valence-electron chi connectivity index (χ3n) is 4.30. The Morgan fingerprint density at radius 3 is 2.43 bits per heavy atom. The minimum atomic E-state index is -0.437. The summed E-state index contributed by atoms with van der Waals surface area (Å²) in [5, 5.41) is 5.64. The molecule has 1 aromatic heterocycles. The number of halogens is 2. The van der Waals surface area contributed by atoms with Gasteiger partial charge in [-0.1, -0.05) is 41.4 Å². The molecule has 0 atom stereocenters. The lowest BCUT2D eigenvalue weighted by atomic mass is 10.1.